The smallest absolute Gasteiger partial charge is 0.325 e. The van der Waals surface area contributed by atoms with Crippen molar-refractivity contribution in [2.24, 2.45) is 0 Å². The molecule has 3 amide bonds. The molecular formula is C22H22Cl2N2O5. The first-order valence-corrected chi connectivity index (χ1v) is 10.7. The second kappa shape index (κ2) is 8.57. The van der Waals surface area contributed by atoms with E-state index in [1.165, 1.54) is 6.07 Å². The van der Waals surface area contributed by atoms with Crippen LogP contribution in [-0.2, 0) is 16.8 Å². The van der Waals surface area contributed by atoms with E-state index < -0.39 is 17.7 Å². The molecule has 164 valence electrons. The number of benzene rings is 2. The Morgan fingerprint density at radius 1 is 1.23 bits per heavy atom. The summed E-state index contributed by atoms with van der Waals surface area (Å²) in [4.78, 5) is 27.1. The minimum atomic E-state index is -1.12. The lowest BCUT2D eigenvalue weighted by Gasteiger charge is -2.33. The molecule has 0 aromatic heterocycles. The number of carbonyl (C=O) groups excluding carboxylic acids is 2. The molecule has 4 rings (SSSR count). The fraction of sp³-hybridized carbons (Fsp3) is 0.364. The number of hydrogen-bond donors (Lipinski definition) is 2. The van der Waals surface area contributed by atoms with E-state index in [-0.39, 0.29) is 19.1 Å². The van der Waals surface area contributed by atoms with Crippen molar-refractivity contribution in [3.63, 3.8) is 0 Å². The van der Waals surface area contributed by atoms with Gasteiger partial charge in [-0.1, -0.05) is 29.3 Å². The van der Waals surface area contributed by atoms with Gasteiger partial charge in [0.15, 0.2) is 0 Å². The SMILES string of the molecule is COc1ccc2c(c1)CCC[C@]21NC(=O)N(C[C@H](O)COc2cc(Cl)ccc2Cl)C1=O. The Morgan fingerprint density at radius 3 is 2.81 bits per heavy atom. The van der Waals surface area contributed by atoms with Gasteiger partial charge in [-0.05, 0) is 54.7 Å². The van der Waals surface area contributed by atoms with Gasteiger partial charge >= 0.3 is 6.03 Å². The fourth-order valence-electron chi connectivity index (χ4n) is 4.18. The number of aryl methyl sites for hydroxylation is 1. The number of nitrogens with zero attached hydrogens (tertiary/aromatic N) is 1. The molecule has 1 aliphatic carbocycles. The second-order valence-electron chi connectivity index (χ2n) is 7.67. The number of aliphatic hydroxyl groups excluding tert-OH is 1. The molecule has 9 heteroatoms. The van der Waals surface area contributed by atoms with Crippen molar-refractivity contribution in [2.75, 3.05) is 20.3 Å². The molecule has 1 fully saturated rings. The van der Waals surface area contributed by atoms with Gasteiger partial charge in [-0.25, -0.2) is 4.79 Å². The molecule has 0 saturated carbocycles. The van der Waals surface area contributed by atoms with Crippen molar-refractivity contribution in [1.82, 2.24) is 10.2 Å². The molecule has 0 unspecified atom stereocenters. The second-order valence-corrected chi connectivity index (χ2v) is 8.51. The Balaban J connectivity index is 1.49. The quantitative estimate of drug-likeness (QED) is 0.638. The van der Waals surface area contributed by atoms with Crippen LogP contribution in [0.5, 0.6) is 11.5 Å². The molecule has 2 aliphatic rings. The minimum Gasteiger partial charge on any atom is -0.497 e. The Bertz CT molecular complexity index is 1030. The molecule has 1 aliphatic heterocycles. The van der Waals surface area contributed by atoms with Crippen LogP contribution in [-0.4, -0.2) is 48.3 Å². The number of fused-ring (bicyclic) bond motifs is 2. The van der Waals surface area contributed by atoms with E-state index in [0.29, 0.717) is 28.0 Å². The average Bonchev–Trinajstić information content (AvgIpc) is 2.98. The highest BCUT2D eigenvalue weighted by atomic mass is 35.5. The van der Waals surface area contributed by atoms with Crippen LogP contribution < -0.4 is 14.8 Å². The van der Waals surface area contributed by atoms with Crippen LogP contribution in [0.2, 0.25) is 10.0 Å². The number of rotatable bonds is 6. The van der Waals surface area contributed by atoms with E-state index in [0.717, 1.165) is 28.9 Å². The molecule has 0 radical (unpaired) electrons. The summed E-state index contributed by atoms with van der Waals surface area (Å²) in [6, 6.07) is 9.72. The van der Waals surface area contributed by atoms with Gasteiger partial charge < -0.3 is 19.9 Å². The van der Waals surface area contributed by atoms with Crippen LogP contribution in [0.15, 0.2) is 36.4 Å². The van der Waals surface area contributed by atoms with E-state index in [2.05, 4.69) is 5.32 Å². The fourth-order valence-corrected chi connectivity index (χ4v) is 4.51. The summed E-state index contributed by atoms with van der Waals surface area (Å²) in [6.07, 6.45) is 0.949. The summed E-state index contributed by atoms with van der Waals surface area (Å²) in [7, 11) is 1.59. The predicted octanol–water partition coefficient (Wildman–Crippen LogP) is 3.53. The van der Waals surface area contributed by atoms with E-state index in [4.69, 9.17) is 32.7 Å². The molecular weight excluding hydrogens is 443 g/mol. The average molecular weight is 465 g/mol. The van der Waals surface area contributed by atoms with Crippen molar-refractivity contribution in [3.05, 3.63) is 57.6 Å². The lowest BCUT2D eigenvalue weighted by atomic mass is 9.76. The number of β-amino-alcohol motifs (C(OH)–C–C–N with tert-alkyl or cyclic N) is 1. The third-order valence-corrected chi connectivity index (χ3v) is 6.21. The lowest BCUT2D eigenvalue weighted by Crippen LogP contribution is -2.47. The number of amides is 3. The molecule has 1 saturated heterocycles. The van der Waals surface area contributed by atoms with Crippen LogP contribution in [0.3, 0.4) is 0 Å². The maximum Gasteiger partial charge on any atom is 0.325 e. The number of carbonyl (C=O) groups is 2. The van der Waals surface area contributed by atoms with E-state index in [1.807, 2.05) is 12.1 Å². The molecule has 1 heterocycles. The summed E-state index contributed by atoms with van der Waals surface area (Å²) in [6.45, 7) is -0.353. The van der Waals surface area contributed by atoms with Gasteiger partial charge in [0.05, 0.1) is 18.7 Å². The van der Waals surface area contributed by atoms with Crippen LogP contribution in [0, 0.1) is 0 Å². The van der Waals surface area contributed by atoms with Gasteiger partial charge in [-0.3, -0.25) is 9.69 Å². The van der Waals surface area contributed by atoms with E-state index in [9.17, 15) is 14.7 Å². The maximum atomic E-state index is 13.3. The van der Waals surface area contributed by atoms with Crippen molar-refractivity contribution in [1.29, 1.82) is 0 Å². The molecule has 2 atom stereocenters. The molecule has 2 aromatic carbocycles. The largest absolute Gasteiger partial charge is 0.497 e. The number of hydrogen-bond acceptors (Lipinski definition) is 5. The molecule has 7 nitrogen and oxygen atoms in total. The number of nitrogens with one attached hydrogen (secondary N) is 1. The number of halogens is 2. The highest BCUT2D eigenvalue weighted by molar-refractivity contribution is 6.34. The first-order valence-electron chi connectivity index (χ1n) is 9.91. The Morgan fingerprint density at radius 2 is 2.03 bits per heavy atom. The summed E-state index contributed by atoms with van der Waals surface area (Å²) in [5, 5.41) is 14.1. The maximum absolute atomic E-state index is 13.3. The molecule has 0 bridgehead atoms. The zero-order valence-corrected chi connectivity index (χ0v) is 18.4. The summed E-state index contributed by atoms with van der Waals surface area (Å²) < 4.78 is 10.8. The number of imide groups is 1. The zero-order valence-electron chi connectivity index (χ0n) is 16.9. The number of ether oxygens (including phenoxy) is 2. The highest BCUT2D eigenvalue weighted by Crippen LogP contribution is 2.41. The van der Waals surface area contributed by atoms with Crippen molar-refractivity contribution >= 4 is 35.1 Å². The first kappa shape index (κ1) is 21.7. The third kappa shape index (κ3) is 4.05. The van der Waals surface area contributed by atoms with Crippen LogP contribution in [0.25, 0.3) is 0 Å². The van der Waals surface area contributed by atoms with Crippen LogP contribution >= 0.6 is 23.2 Å². The summed E-state index contributed by atoms with van der Waals surface area (Å²) >= 11 is 12.0. The van der Waals surface area contributed by atoms with Crippen molar-refractivity contribution in [3.8, 4) is 11.5 Å². The zero-order chi connectivity index (χ0) is 22.2. The molecule has 2 N–H and O–H groups in total. The van der Waals surface area contributed by atoms with Gasteiger partial charge in [0.25, 0.3) is 5.91 Å². The Hall–Kier alpha value is -2.48. The van der Waals surface area contributed by atoms with Crippen LogP contribution in [0.4, 0.5) is 4.79 Å². The number of urea groups is 1. The first-order chi connectivity index (χ1) is 14.8. The molecule has 1 spiro atoms. The third-order valence-electron chi connectivity index (χ3n) is 5.66. The van der Waals surface area contributed by atoms with Crippen molar-refractivity contribution in [2.45, 2.75) is 30.9 Å². The summed E-state index contributed by atoms with van der Waals surface area (Å²) in [5.41, 5.74) is 0.630. The Kier molecular flexibility index (Phi) is 6.01. The van der Waals surface area contributed by atoms with Gasteiger partial charge in [0.2, 0.25) is 0 Å². The number of methoxy groups -OCH3 is 1. The van der Waals surface area contributed by atoms with E-state index in [1.54, 1.807) is 25.3 Å². The lowest BCUT2D eigenvalue weighted by molar-refractivity contribution is -0.133. The van der Waals surface area contributed by atoms with Gasteiger partial charge in [-0.2, -0.15) is 0 Å². The highest BCUT2D eigenvalue weighted by Gasteiger charge is 2.54. The standard InChI is InChI=1S/C22H22Cl2N2O5/c1-30-16-5-6-17-13(9-16)3-2-8-22(17)20(28)26(21(29)25-22)11-15(27)12-31-19-10-14(23)4-7-18(19)24/h4-7,9-10,15,27H,2-3,8,11-12H2,1H3,(H,25,29)/t15-,22-/m0/s1. The summed E-state index contributed by atoms with van der Waals surface area (Å²) in [5.74, 6) is 0.650. The van der Waals surface area contributed by atoms with Gasteiger partial charge in [0.1, 0.15) is 29.7 Å². The number of aliphatic hydroxyl groups is 1. The normalized spacial score (nSPS) is 21.1. The topological polar surface area (TPSA) is 88.1 Å². The molecule has 2 aromatic rings. The Labute approximate surface area is 189 Å². The van der Waals surface area contributed by atoms with Gasteiger partial charge in [0, 0.05) is 11.1 Å². The predicted molar refractivity (Wildman–Crippen MR) is 116 cm³/mol. The minimum absolute atomic E-state index is 0.155. The molecule has 31 heavy (non-hydrogen) atoms. The van der Waals surface area contributed by atoms with Crippen molar-refractivity contribution < 1.29 is 24.2 Å². The van der Waals surface area contributed by atoms with E-state index >= 15 is 0 Å². The van der Waals surface area contributed by atoms with Crippen LogP contribution in [0.1, 0.15) is 24.0 Å². The monoisotopic (exact) mass is 464 g/mol. The van der Waals surface area contributed by atoms with Gasteiger partial charge in [-0.15, -0.1) is 0 Å².